The molecule has 2 aromatic rings. The Morgan fingerprint density at radius 3 is 2.15 bits per heavy atom. The number of hydrogen-bond acceptors (Lipinski definition) is 6. The molecule has 6 nitrogen and oxygen atoms in total. The summed E-state index contributed by atoms with van der Waals surface area (Å²) in [7, 11) is 1.73. The molecule has 0 amide bonds. The zero-order chi connectivity index (χ0) is 23.4. The van der Waals surface area contributed by atoms with E-state index in [9.17, 15) is 14.4 Å². The monoisotopic (exact) mass is 503 g/mol. The lowest BCUT2D eigenvalue weighted by molar-refractivity contribution is 0.0657. The van der Waals surface area contributed by atoms with Gasteiger partial charge in [0.15, 0.2) is 11.5 Å². The molecule has 34 heavy (non-hydrogen) atoms. The first-order chi connectivity index (χ1) is 16.0. The zero-order valence-electron chi connectivity index (χ0n) is 18.8. The molecule has 0 atom stereocenters. The molecule has 1 N–H and O–H groups in total. The van der Waals surface area contributed by atoms with Crippen molar-refractivity contribution in [1.82, 2.24) is 5.32 Å². The molecular weight excluding hydrogens is 477 g/mol. The minimum Gasteiger partial charge on any atom is -0.433 e. The van der Waals surface area contributed by atoms with E-state index in [2.05, 4.69) is 5.32 Å². The number of ether oxygens (including phenoxy) is 2. The summed E-state index contributed by atoms with van der Waals surface area (Å²) >= 11 is 6.01. The molecule has 2 aliphatic carbocycles. The van der Waals surface area contributed by atoms with Gasteiger partial charge in [-0.2, -0.15) is 0 Å². The number of halogens is 2. The third kappa shape index (κ3) is 5.52. The van der Waals surface area contributed by atoms with Crippen molar-refractivity contribution in [1.29, 1.82) is 0 Å². The topological polar surface area (TPSA) is 81.7 Å². The Bertz CT molecular complexity index is 1090. The minimum absolute atomic E-state index is 0. The lowest BCUT2D eigenvalue weighted by atomic mass is 9.72. The fraction of sp³-hybridized carbons (Fsp3) is 0.346. The maximum Gasteiger partial charge on any atom is 0.514 e. The Morgan fingerprint density at radius 1 is 0.941 bits per heavy atom. The molecular formula is C26H27Cl2NO5. The summed E-state index contributed by atoms with van der Waals surface area (Å²) in [5, 5.41) is 3.56. The molecule has 0 heterocycles. The number of carbonyl (C=O) groups excluding carboxylic acids is 3. The smallest absolute Gasteiger partial charge is 0.433 e. The van der Waals surface area contributed by atoms with Crippen LogP contribution in [0.5, 0.6) is 0 Å². The van der Waals surface area contributed by atoms with E-state index in [0.717, 1.165) is 12.8 Å². The molecule has 0 bridgehead atoms. The van der Waals surface area contributed by atoms with Crippen LogP contribution in [0.25, 0.3) is 0 Å². The Morgan fingerprint density at radius 2 is 1.53 bits per heavy atom. The van der Waals surface area contributed by atoms with Gasteiger partial charge in [-0.15, -0.1) is 12.4 Å². The SMILES string of the molecule is CNCCOC(=O)OC1=C(C2CCC(c3ccc(Cl)cc3)CC2)C(=O)c2ccccc2C1=O.Cl. The highest BCUT2D eigenvalue weighted by Gasteiger charge is 2.39. The fourth-order valence-electron chi connectivity index (χ4n) is 4.64. The number of carbonyl (C=O) groups is 3. The summed E-state index contributed by atoms with van der Waals surface area (Å²) in [4.78, 5) is 38.9. The van der Waals surface area contributed by atoms with Gasteiger partial charge >= 0.3 is 6.16 Å². The maximum atomic E-state index is 13.4. The molecule has 2 aromatic carbocycles. The predicted molar refractivity (Wildman–Crippen MR) is 132 cm³/mol. The first kappa shape index (κ1) is 25.9. The van der Waals surface area contributed by atoms with Crippen LogP contribution in [0.1, 0.15) is 57.9 Å². The van der Waals surface area contributed by atoms with E-state index in [4.69, 9.17) is 21.1 Å². The molecule has 0 spiro atoms. The van der Waals surface area contributed by atoms with E-state index in [0.29, 0.717) is 41.5 Å². The molecule has 8 heteroatoms. The second kappa shape index (κ2) is 11.6. The van der Waals surface area contributed by atoms with Crippen LogP contribution in [0.15, 0.2) is 59.9 Å². The highest BCUT2D eigenvalue weighted by molar-refractivity contribution is 6.30. The highest BCUT2D eigenvalue weighted by atomic mass is 35.5. The van der Waals surface area contributed by atoms with Gasteiger partial charge in [0.05, 0.1) is 5.57 Å². The quantitative estimate of drug-likeness (QED) is 0.399. The van der Waals surface area contributed by atoms with Crippen LogP contribution in [0.3, 0.4) is 0 Å². The molecule has 180 valence electrons. The number of Topliss-reactive ketones (excluding diaryl/α,β-unsaturated/α-hetero) is 2. The van der Waals surface area contributed by atoms with Crippen molar-refractivity contribution < 1.29 is 23.9 Å². The van der Waals surface area contributed by atoms with Gasteiger partial charge in [0.25, 0.3) is 0 Å². The molecule has 2 aliphatic rings. The second-order valence-electron chi connectivity index (χ2n) is 8.35. The van der Waals surface area contributed by atoms with Gasteiger partial charge in [-0.1, -0.05) is 48.0 Å². The van der Waals surface area contributed by atoms with E-state index in [1.54, 1.807) is 31.3 Å². The number of hydrogen-bond donors (Lipinski definition) is 1. The van der Waals surface area contributed by atoms with Gasteiger partial charge in [-0.3, -0.25) is 9.59 Å². The van der Waals surface area contributed by atoms with Crippen molar-refractivity contribution in [2.75, 3.05) is 20.2 Å². The van der Waals surface area contributed by atoms with Crippen LogP contribution in [0.2, 0.25) is 5.02 Å². The molecule has 0 radical (unpaired) electrons. The van der Waals surface area contributed by atoms with E-state index < -0.39 is 11.9 Å². The van der Waals surface area contributed by atoms with E-state index >= 15 is 0 Å². The van der Waals surface area contributed by atoms with Crippen molar-refractivity contribution >= 4 is 41.7 Å². The van der Waals surface area contributed by atoms with Crippen LogP contribution >= 0.6 is 24.0 Å². The Hall–Kier alpha value is -2.67. The van der Waals surface area contributed by atoms with Crippen LogP contribution in [0, 0.1) is 5.92 Å². The molecule has 0 unspecified atom stereocenters. The number of rotatable bonds is 6. The Kier molecular flexibility index (Phi) is 8.89. The van der Waals surface area contributed by atoms with Gasteiger partial charge < -0.3 is 14.8 Å². The van der Waals surface area contributed by atoms with Crippen molar-refractivity contribution in [3.63, 3.8) is 0 Å². The maximum absolute atomic E-state index is 13.4. The zero-order valence-corrected chi connectivity index (χ0v) is 20.4. The first-order valence-corrected chi connectivity index (χ1v) is 11.5. The summed E-state index contributed by atoms with van der Waals surface area (Å²) in [5.41, 5.74) is 2.11. The average Bonchev–Trinajstić information content (AvgIpc) is 2.83. The Labute approximate surface area is 210 Å². The van der Waals surface area contributed by atoms with Crippen molar-refractivity contribution in [3.05, 3.63) is 81.6 Å². The lowest BCUT2D eigenvalue weighted by Gasteiger charge is -2.32. The summed E-state index contributed by atoms with van der Waals surface area (Å²) in [5.74, 6) is -0.706. The van der Waals surface area contributed by atoms with Crippen LogP contribution in [0.4, 0.5) is 4.79 Å². The third-order valence-electron chi connectivity index (χ3n) is 6.35. The minimum atomic E-state index is -0.979. The summed E-state index contributed by atoms with van der Waals surface area (Å²) in [6.07, 6.45) is 2.17. The number of nitrogens with one attached hydrogen (secondary N) is 1. The number of fused-ring (bicyclic) bond motifs is 1. The molecule has 0 saturated heterocycles. The standard InChI is InChI=1S/C26H26ClNO5.ClH/c1-28-14-15-32-26(31)33-25-22(23(29)20-4-2-3-5-21(20)24(25)30)18-8-6-16(7-9-18)17-10-12-19(27)13-11-17;/h2-5,10-13,16,18,28H,6-9,14-15H2,1H3;1H. The summed E-state index contributed by atoms with van der Waals surface area (Å²) in [6.45, 7) is 0.550. The van der Waals surface area contributed by atoms with Gasteiger partial charge in [0.2, 0.25) is 5.78 Å². The average molecular weight is 504 g/mol. The van der Waals surface area contributed by atoms with Gasteiger partial charge in [0, 0.05) is 22.7 Å². The fourth-order valence-corrected chi connectivity index (χ4v) is 4.77. The van der Waals surface area contributed by atoms with Crippen LogP contribution in [-0.4, -0.2) is 37.9 Å². The molecule has 4 rings (SSSR count). The summed E-state index contributed by atoms with van der Waals surface area (Å²) < 4.78 is 10.4. The number of allylic oxidation sites excluding steroid dienone is 2. The summed E-state index contributed by atoms with van der Waals surface area (Å²) in [6, 6.07) is 14.5. The Balaban J connectivity index is 0.00000324. The normalized spacial score (nSPS) is 19.8. The van der Waals surface area contributed by atoms with Crippen LogP contribution in [-0.2, 0) is 9.47 Å². The largest absolute Gasteiger partial charge is 0.514 e. The second-order valence-corrected chi connectivity index (χ2v) is 8.79. The molecule has 1 fully saturated rings. The predicted octanol–water partition coefficient (Wildman–Crippen LogP) is 5.74. The van der Waals surface area contributed by atoms with Gasteiger partial charge in [0.1, 0.15) is 6.61 Å². The number of likely N-dealkylation sites (N-methyl/N-ethyl adjacent to an activating group) is 1. The van der Waals surface area contributed by atoms with Crippen molar-refractivity contribution in [2.24, 2.45) is 5.92 Å². The van der Waals surface area contributed by atoms with Crippen LogP contribution < -0.4 is 5.32 Å². The third-order valence-corrected chi connectivity index (χ3v) is 6.60. The highest BCUT2D eigenvalue weighted by Crippen LogP contribution is 2.42. The van der Waals surface area contributed by atoms with E-state index in [-0.39, 0.29) is 42.0 Å². The molecule has 0 aliphatic heterocycles. The van der Waals surface area contributed by atoms with E-state index in [1.807, 2.05) is 24.3 Å². The number of benzene rings is 2. The molecule has 0 aromatic heterocycles. The lowest BCUT2D eigenvalue weighted by Crippen LogP contribution is -2.30. The molecule has 1 saturated carbocycles. The van der Waals surface area contributed by atoms with Crippen molar-refractivity contribution in [2.45, 2.75) is 31.6 Å². The van der Waals surface area contributed by atoms with Gasteiger partial charge in [-0.25, -0.2) is 4.79 Å². The first-order valence-electron chi connectivity index (χ1n) is 11.2. The number of ketones is 2. The van der Waals surface area contributed by atoms with Gasteiger partial charge in [-0.05, 0) is 62.3 Å². The van der Waals surface area contributed by atoms with Crippen molar-refractivity contribution in [3.8, 4) is 0 Å². The van der Waals surface area contributed by atoms with E-state index in [1.165, 1.54) is 5.56 Å².